The topological polar surface area (TPSA) is 20.2 Å². The van der Waals surface area contributed by atoms with Gasteiger partial charge in [0.2, 0.25) is 0 Å². The Morgan fingerprint density at radius 3 is 2.25 bits per heavy atom. The van der Waals surface area contributed by atoms with Crippen molar-refractivity contribution in [2.24, 2.45) is 0 Å². The van der Waals surface area contributed by atoms with Crippen LogP contribution in [0.2, 0.25) is 0 Å². The predicted octanol–water partition coefficient (Wildman–Crippen LogP) is 4.61. The lowest BCUT2D eigenvalue weighted by atomic mass is 9.79. The first-order chi connectivity index (χ1) is 9.79. The molecule has 2 aromatic rings. The molecule has 1 aliphatic rings. The molecule has 2 unspecified atom stereocenters. The summed E-state index contributed by atoms with van der Waals surface area (Å²) in [5.41, 5.74) is 0.369. The second-order valence-electron chi connectivity index (χ2n) is 5.46. The molecule has 0 aromatic heterocycles. The largest absolute Gasteiger partial charge is 0.384 e. The van der Waals surface area contributed by atoms with Crippen molar-refractivity contribution in [3.63, 3.8) is 0 Å². The van der Waals surface area contributed by atoms with Gasteiger partial charge in [0.15, 0.2) is 0 Å². The summed E-state index contributed by atoms with van der Waals surface area (Å²) in [6.45, 7) is 0. The Kier molecular flexibility index (Phi) is 4.13. The first kappa shape index (κ1) is 13.7. The lowest BCUT2D eigenvalue weighted by molar-refractivity contribution is 0.00616. The second-order valence-corrected chi connectivity index (χ2v) is 6.73. The second kappa shape index (κ2) is 6.02. The van der Waals surface area contributed by atoms with E-state index in [4.69, 9.17) is 0 Å². The van der Waals surface area contributed by atoms with Gasteiger partial charge in [0, 0.05) is 10.1 Å². The molecule has 3 rings (SSSR count). The molecule has 2 aromatic carbocycles. The van der Waals surface area contributed by atoms with Crippen LogP contribution in [0.5, 0.6) is 0 Å². The molecule has 0 bridgehead atoms. The fraction of sp³-hybridized carbons (Fsp3) is 0.333. The molecule has 0 amide bonds. The molecule has 1 fully saturated rings. The number of benzene rings is 2. The maximum absolute atomic E-state index is 11.2. The van der Waals surface area contributed by atoms with Crippen molar-refractivity contribution in [1.29, 1.82) is 0 Å². The SMILES string of the molecule is OC1(c2ccccc2)CCCCC1Sc1ccccc1. The van der Waals surface area contributed by atoms with Crippen molar-refractivity contribution in [3.8, 4) is 0 Å². The first-order valence-corrected chi connectivity index (χ1v) is 8.16. The van der Waals surface area contributed by atoms with Gasteiger partial charge in [-0.3, -0.25) is 0 Å². The zero-order valence-corrected chi connectivity index (χ0v) is 12.4. The van der Waals surface area contributed by atoms with Crippen molar-refractivity contribution in [2.45, 2.75) is 41.4 Å². The van der Waals surface area contributed by atoms with E-state index in [-0.39, 0.29) is 5.25 Å². The van der Waals surface area contributed by atoms with Crippen molar-refractivity contribution in [3.05, 3.63) is 66.2 Å². The monoisotopic (exact) mass is 284 g/mol. The fourth-order valence-corrected chi connectivity index (χ4v) is 4.38. The molecule has 0 aliphatic heterocycles. The summed E-state index contributed by atoms with van der Waals surface area (Å²) in [4.78, 5) is 1.24. The van der Waals surface area contributed by atoms with Crippen molar-refractivity contribution in [2.75, 3.05) is 0 Å². The van der Waals surface area contributed by atoms with Crippen LogP contribution in [0.4, 0.5) is 0 Å². The van der Waals surface area contributed by atoms with E-state index in [1.54, 1.807) is 0 Å². The minimum atomic E-state index is -0.694. The molecule has 104 valence electrons. The summed E-state index contributed by atoms with van der Waals surface area (Å²) in [6.07, 6.45) is 4.25. The molecule has 0 heterocycles. The summed E-state index contributed by atoms with van der Waals surface area (Å²) in [5.74, 6) is 0. The average Bonchev–Trinajstić information content (AvgIpc) is 2.52. The minimum absolute atomic E-state index is 0.237. The molecule has 1 aliphatic carbocycles. The molecule has 0 radical (unpaired) electrons. The Hall–Kier alpha value is -1.25. The van der Waals surface area contributed by atoms with Crippen molar-refractivity contribution >= 4 is 11.8 Å². The highest BCUT2D eigenvalue weighted by atomic mass is 32.2. The standard InChI is InChI=1S/C18H20OS/c19-18(15-9-3-1-4-10-15)14-8-7-13-17(18)20-16-11-5-2-6-12-16/h1-6,9-12,17,19H,7-8,13-14H2. The van der Waals surface area contributed by atoms with Gasteiger partial charge < -0.3 is 5.11 Å². The van der Waals surface area contributed by atoms with E-state index in [2.05, 4.69) is 36.4 Å². The lowest BCUT2D eigenvalue weighted by Crippen LogP contribution is -2.40. The van der Waals surface area contributed by atoms with Crippen molar-refractivity contribution in [1.82, 2.24) is 0 Å². The number of rotatable bonds is 3. The predicted molar refractivity (Wildman–Crippen MR) is 84.9 cm³/mol. The van der Waals surface area contributed by atoms with E-state index in [0.717, 1.165) is 24.8 Å². The molecular weight excluding hydrogens is 264 g/mol. The highest BCUT2D eigenvalue weighted by Crippen LogP contribution is 2.45. The fourth-order valence-electron chi connectivity index (χ4n) is 3.00. The molecule has 1 saturated carbocycles. The van der Waals surface area contributed by atoms with E-state index >= 15 is 0 Å². The summed E-state index contributed by atoms with van der Waals surface area (Å²) in [6, 6.07) is 20.6. The van der Waals surface area contributed by atoms with Crippen LogP contribution >= 0.6 is 11.8 Å². The van der Waals surface area contributed by atoms with Crippen LogP contribution in [-0.4, -0.2) is 10.4 Å². The van der Waals surface area contributed by atoms with E-state index < -0.39 is 5.60 Å². The summed E-state index contributed by atoms with van der Waals surface area (Å²) < 4.78 is 0. The zero-order valence-electron chi connectivity index (χ0n) is 11.5. The van der Waals surface area contributed by atoms with Gasteiger partial charge in [0.05, 0.1) is 0 Å². The Morgan fingerprint density at radius 1 is 0.900 bits per heavy atom. The van der Waals surface area contributed by atoms with Crippen LogP contribution < -0.4 is 0 Å². The minimum Gasteiger partial charge on any atom is -0.384 e. The quantitative estimate of drug-likeness (QED) is 0.888. The maximum atomic E-state index is 11.2. The molecule has 0 spiro atoms. The summed E-state index contributed by atoms with van der Waals surface area (Å²) >= 11 is 1.82. The molecule has 2 atom stereocenters. The van der Waals surface area contributed by atoms with Crippen LogP contribution in [0.15, 0.2) is 65.6 Å². The lowest BCUT2D eigenvalue weighted by Gasteiger charge is -2.40. The zero-order chi connectivity index (χ0) is 13.8. The van der Waals surface area contributed by atoms with Crippen LogP contribution in [0, 0.1) is 0 Å². The van der Waals surface area contributed by atoms with Gasteiger partial charge in [-0.1, -0.05) is 61.4 Å². The third-order valence-corrected chi connectivity index (χ3v) is 5.56. The van der Waals surface area contributed by atoms with Crippen LogP contribution in [0.25, 0.3) is 0 Å². The van der Waals surface area contributed by atoms with Crippen LogP contribution in [0.1, 0.15) is 31.2 Å². The Bertz CT molecular complexity index is 540. The number of hydrogen-bond donors (Lipinski definition) is 1. The molecule has 1 nitrogen and oxygen atoms in total. The van der Waals surface area contributed by atoms with E-state index in [9.17, 15) is 5.11 Å². The Balaban J connectivity index is 1.87. The third kappa shape index (κ3) is 2.77. The van der Waals surface area contributed by atoms with Gasteiger partial charge >= 0.3 is 0 Å². The highest BCUT2D eigenvalue weighted by molar-refractivity contribution is 8.00. The summed E-state index contributed by atoms with van der Waals surface area (Å²) in [7, 11) is 0. The van der Waals surface area contributed by atoms with Gasteiger partial charge in [0.1, 0.15) is 5.60 Å². The highest BCUT2D eigenvalue weighted by Gasteiger charge is 2.40. The normalized spacial score (nSPS) is 26.4. The Labute approximate surface area is 125 Å². The molecular formula is C18H20OS. The number of thioether (sulfide) groups is 1. The van der Waals surface area contributed by atoms with Crippen LogP contribution in [-0.2, 0) is 5.60 Å². The molecule has 1 N–H and O–H groups in total. The van der Waals surface area contributed by atoms with E-state index in [1.165, 1.54) is 11.3 Å². The van der Waals surface area contributed by atoms with E-state index in [1.807, 2.05) is 36.0 Å². The van der Waals surface area contributed by atoms with Gasteiger partial charge in [-0.2, -0.15) is 0 Å². The van der Waals surface area contributed by atoms with Gasteiger partial charge in [-0.25, -0.2) is 0 Å². The number of hydrogen-bond acceptors (Lipinski definition) is 2. The van der Waals surface area contributed by atoms with Gasteiger partial charge in [-0.05, 0) is 30.5 Å². The van der Waals surface area contributed by atoms with E-state index in [0.29, 0.717) is 0 Å². The van der Waals surface area contributed by atoms with Gasteiger partial charge in [0.25, 0.3) is 0 Å². The maximum Gasteiger partial charge on any atom is 0.102 e. The molecule has 20 heavy (non-hydrogen) atoms. The van der Waals surface area contributed by atoms with Gasteiger partial charge in [-0.15, -0.1) is 11.8 Å². The third-order valence-electron chi connectivity index (χ3n) is 4.10. The molecule has 0 saturated heterocycles. The molecule has 2 heteroatoms. The Morgan fingerprint density at radius 2 is 1.55 bits per heavy atom. The smallest absolute Gasteiger partial charge is 0.102 e. The first-order valence-electron chi connectivity index (χ1n) is 7.29. The average molecular weight is 284 g/mol. The van der Waals surface area contributed by atoms with Crippen molar-refractivity contribution < 1.29 is 5.11 Å². The summed E-state index contributed by atoms with van der Waals surface area (Å²) in [5, 5.41) is 11.5. The number of aliphatic hydroxyl groups is 1. The van der Waals surface area contributed by atoms with Crippen LogP contribution in [0.3, 0.4) is 0 Å².